The molecular weight excluding hydrogens is 228 g/mol. The molecule has 0 saturated heterocycles. The molecule has 0 heteroatoms. The van der Waals surface area contributed by atoms with Crippen LogP contribution in [-0.2, 0) is 11.8 Å². The van der Waals surface area contributed by atoms with Gasteiger partial charge in [-0.1, -0.05) is 79.2 Å². The van der Waals surface area contributed by atoms with Crippen LogP contribution in [0.15, 0.2) is 18.2 Å². The summed E-state index contributed by atoms with van der Waals surface area (Å²) in [7, 11) is 0. The molecule has 1 aromatic rings. The van der Waals surface area contributed by atoms with Crippen LogP contribution in [0.2, 0.25) is 0 Å². The first kappa shape index (κ1) is 20.5. The largest absolute Gasteiger partial charge is 0.0683 e. The number of aryl methyl sites for hydroxylation is 2. The van der Waals surface area contributed by atoms with Gasteiger partial charge >= 0.3 is 0 Å². The Labute approximate surface area is 122 Å². The Kier molecular flexibility index (Phi) is 12.0. The first-order valence-corrected chi connectivity index (χ1v) is 8.20. The van der Waals surface area contributed by atoms with Gasteiger partial charge < -0.3 is 0 Å². The van der Waals surface area contributed by atoms with E-state index in [-0.39, 0.29) is 0 Å². The molecule has 0 N–H and O–H groups in total. The van der Waals surface area contributed by atoms with Gasteiger partial charge in [-0.25, -0.2) is 0 Å². The van der Waals surface area contributed by atoms with Crippen molar-refractivity contribution in [2.45, 2.75) is 87.0 Å². The molecule has 0 heterocycles. The van der Waals surface area contributed by atoms with Crippen LogP contribution in [-0.4, -0.2) is 0 Å². The Morgan fingerprint density at radius 3 is 1.95 bits per heavy atom. The summed E-state index contributed by atoms with van der Waals surface area (Å²) in [6.45, 7) is 18.9. The first-order chi connectivity index (χ1) is 9.09. The minimum Gasteiger partial charge on any atom is -0.0683 e. The molecule has 0 fully saturated rings. The van der Waals surface area contributed by atoms with Gasteiger partial charge in [0.15, 0.2) is 0 Å². The fraction of sp³-hybridized carbons (Fsp3) is 0.684. The molecule has 1 aliphatic rings. The minimum atomic E-state index is 0.402. The van der Waals surface area contributed by atoms with Crippen molar-refractivity contribution in [2.24, 2.45) is 0 Å². The minimum absolute atomic E-state index is 0.402. The Bertz CT molecular complexity index is 321. The maximum Gasteiger partial charge on any atom is -0.0101 e. The molecule has 0 saturated carbocycles. The van der Waals surface area contributed by atoms with Gasteiger partial charge in [-0.15, -0.1) is 0 Å². The van der Waals surface area contributed by atoms with Crippen molar-refractivity contribution in [3.05, 3.63) is 34.9 Å². The smallest absolute Gasteiger partial charge is 0.0101 e. The number of hydrogen-bond donors (Lipinski definition) is 0. The first-order valence-electron chi connectivity index (χ1n) is 8.20. The lowest BCUT2D eigenvalue weighted by Crippen LogP contribution is -2.23. The van der Waals surface area contributed by atoms with Gasteiger partial charge in [-0.2, -0.15) is 0 Å². The number of fused-ring (bicyclic) bond motifs is 1. The van der Waals surface area contributed by atoms with E-state index in [0.717, 1.165) is 0 Å². The summed E-state index contributed by atoms with van der Waals surface area (Å²) in [5.41, 5.74) is 4.95. The predicted octanol–water partition coefficient (Wildman–Crippen LogP) is 6.69. The molecule has 112 valence electrons. The fourth-order valence-electron chi connectivity index (χ4n) is 2.39. The van der Waals surface area contributed by atoms with Gasteiger partial charge in [-0.05, 0) is 42.7 Å². The zero-order valence-electron chi connectivity index (χ0n) is 14.9. The molecule has 1 aromatic carbocycles. The molecule has 0 spiro atoms. The lowest BCUT2D eigenvalue weighted by atomic mass is 9.72. The highest BCUT2D eigenvalue weighted by Gasteiger charge is 2.26. The van der Waals surface area contributed by atoms with Crippen LogP contribution in [0.3, 0.4) is 0 Å². The lowest BCUT2D eigenvalue weighted by molar-refractivity contribution is 0.431. The molecule has 0 radical (unpaired) electrons. The number of hydrogen-bond acceptors (Lipinski definition) is 0. The topological polar surface area (TPSA) is 0 Å². The third kappa shape index (κ3) is 6.27. The number of benzene rings is 1. The van der Waals surface area contributed by atoms with E-state index in [2.05, 4.69) is 39.0 Å². The second kappa shape index (κ2) is 11.1. The molecule has 0 bridgehead atoms. The highest BCUT2D eigenvalue weighted by Crippen LogP contribution is 2.36. The molecule has 0 amide bonds. The molecule has 0 nitrogen and oxygen atoms in total. The molecule has 0 aliphatic heterocycles. The highest BCUT2D eigenvalue weighted by molar-refractivity contribution is 5.38. The van der Waals surface area contributed by atoms with E-state index < -0.39 is 0 Å². The molecule has 0 unspecified atom stereocenters. The average Bonchev–Trinajstić information content (AvgIpc) is 2.46. The van der Waals surface area contributed by atoms with Gasteiger partial charge in [0.05, 0.1) is 0 Å². The average molecular weight is 264 g/mol. The summed E-state index contributed by atoms with van der Waals surface area (Å²) in [5, 5.41) is 0. The Hall–Kier alpha value is -0.780. The van der Waals surface area contributed by atoms with Crippen LogP contribution in [0.4, 0.5) is 0 Å². The Balaban J connectivity index is 0. The summed E-state index contributed by atoms with van der Waals surface area (Å²) in [6, 6.07) is 6.92. The van der Waals surface area contributed by atoms with Crippen LogP contribution in [0.25, 0.3) is 0 Å². The van der Waals surface area contributed by atoms with Crippen LogP contribution >= 0.6 is 0 Å². The molecule has 19 heavy (non-hydrogen) atoms. The van der Waals surface area contributed by atoms with Crippen LogP contribution in [0, 0.1) is 6.92 Å². The van der Waals surface area contributed by atoms with Gasteiger partial charge in [-0.3, -0.25) is 0 Å². The zero-order valence-corrected chi connectivity index (χ0v) is 14.9. The van der Waals surface area contributed by atoms with Crippen molar-refractivity contribution in [2.75, 3.05) is 0 Å². The van der Waals surface area contributed by atoms with Gasteiger partial charge in [0.1, 0.15) is 0 Å². The quantitative estimate of drug-likeness (QED) is 0.490. The Morgan fingerprint density at radius 2 is 1.42 bits per heavy atom. The van der Waals surface area contributed by atoms with Crippen LogP contribution < -0.4 is 0 Å². The van der Waals surface area contributed by atoms with Gasteiger partial charge in [0, 0.05) is 0 Å². The van der Waals surface area contributed by atoms with E-state index in [4.69, 9.17) is 0 Å². The second-order valence-electron chi connectivity index (χ2n) is 4.90. The maximum atomic E-state index is 2.37. The molecule has 2 rings (SSSR count). The summed E-state index contributed by atoms with van der Waals surface area (Å²) in [5.74, 6) is 0. The maximum absolute atomic E-state index is 2.37. The standard InChI is InChI=1S/C13H18.3C2H6/c1-10-6-7-11-5-4-8-13(2,3)12(11)9-10;3*1-2/h6-7,9H,4-5,8H2,1-3H3;3*1-2H3. The van der Waals surface area contributed by atoms with Gasteiger partial charge in [0.25, 0.3) is 0 Å². The second-order valence-corrected chi connectivity index (χ2v) is 4.90. The molecule has 0 aromatic heterocycles. The van der Waals surface area contributed by atoms with Crippen molar-refractivity contribution in [3.8, 4) is 0 Å². The van der Waals surface area contributed by atoms with E-state index in [1.54, 1.807) is 11.1 Å². The Morgan fingerprint density at radius 1 is 0.895 bits per heavy atom. The summed E-state index contributed by atoms with van der Waals surface area (Å²) in [6.07, 6.45) is 3.96. The van der Waals surface area contributed by atoms with Crippen LogP contribution in [0.1, 0.15) is 84.9 Å². The molecular formula is C19H36. The highest BCUT2D eigenvalue weighted by atomic mass is 14.3. The van der Waals surface area contributed by atoms with E-state index in [1.165, 1.54) is 24.8 Å². The summed E-state index contributed by atoms with van der Waals surface area (Å²) >= 11 is 0. The van der Waals surface area contributed by atoms with E-state index in [1.807, 2.05) is 41.5 Å². The third-order valence-corrected chi connectivity index (χ3v) is 3.24. The zero-order chi connectivity index (χ0) is 15.5. The lowest BCUT2D eigenvalue weighted by Gasteiger charge is -2.32. The summed E-state index contributed by atoms with van der Waals surface area (Å²) < 4.78 is 0. The van der Waals surface area contributed by atoms with Gasteiger partial charge in [0.2, 0.25) is 0 Å². The van der Waals surface area contributed by atoms with Crippen molar-refractivity contribution in [1.29, 1.82) is 0 Å². The van der Waals surface area contributed by atoms with E-state index in [9.17, 15) is 0 Å². The monoisotopic (exact) mass is 264 g/mol. The number of rotatable bonds is 0. The normalized spacial score (nSPS) is 14.4. The van der Waals surface area contributed by atoms with Crippen LogP contribution in [0.5, 0.6) is 0 Å². The molecule has 0 atom stereocenters. The van der Waals surface area contributed by atoms with Crippen molar-refractivity contribution >= 4 is 0 Å². The predicted molar refractivity (Wildman–Crippen MR) is 91.2 cm³/mol. The van der Waals surface area contributed by atoms with Crippen molar-refractivity contribution < 1.29 is 0 Å². The summed E-state index contributed by atoms with van der Waals surface area (Å²) in [4.78, 5) is 0. The molecule has 1 aliphatic carbocycles. The third-order valence-electron chi connectivity index (χ3n) is 3.24. The van der Waals surface area contributed by atoms with Crippen molar-refractivity contribution in [3.63, 3.8) is 0 Å². The van der Waals surface area contributed by atoms with E-state index >= 15 is 0 Å². The fourth-order valence-corrected chi connectivity index (χ4v) is 2.39. The SMILES string of the molecule is CC.CC.CC.Cc1ccc2c(c1)C(C)(C)CCC2. The van der Waals surface area contributed by atoms with E-state index in [0.29, 0.717) is 5.41 Å². The van der Waals surface area contributed by atoms with Crippen molar-refractivity contribution in [1.82, 2.24) is 0 Å².